The highest BCUT2D eigenvalue weighted by atomic mass is 16.5. The van der Waals surface area contributed by atoms with Crippen LogP contribution in [0.2, 0.25) is 0 Å². The zero-order valence-electron chi connectivity index (χ0n) is 12.2. The topological polar surface area (TPSA) is 50.7 Å². The van der Waals surface area contributed by atoms with E-state index in [0.29, 0.717) is 5.75 Å². The zero-order valence-corrected chi connectivity index (χ0v) is 12.2. The molecule has 0 radical (unpaired) electrons. The number of nitrogens with one attached hydrogen (secondary N) is 1. The first-order valence-electron chi connectivity index (χ1n) is 6.71. The van der Waals surface area contributed by atoms with Crippen molar-refractivity contribution in [2.75, 3.05) is 6.61 Å². The van der Waals surface area contributed by atoms with Crippen LogP contribution in [0.15, 0.2) is 53.6 Å². The largest absolute Gasteiger partial charge is 0.484 e. The first-order valence-corrected chi connectivity index (χ1v) is 6.71. The number of hydrogen-bond donors (Lipinski definition) is 1. The lowest BCUT2D eigenvalue weighted by molar-refractivity contribution is -0.123. The molecule has 4 heteroatoms. The molecule has 1 amide bonds. The Balaban J connectivity index is 1.80. The van der Waals surface area contributed by atoms with Crippen LogP contribution in [0, 0.1) is 13.8 Å². The SMILES string of the molecule is Cc1cccc(/C=N\NC(=O)COc2cccc(C)c2)c1. The third-order valence-corrected chi connectivity index (χ3v) is 2.80. The van der Waals surface area contributed by atoms with E-state index in [1.165, 1.54) is 0 Å². The Morgan fingerprint density at radius 3 is 2.57 bits per heavy atom. The molecule has 0 unspecified atom stereocenters. The van der Waals surface area contributed by atoms with Gasteiger partial charge in [-0.25, -0.2) is 5.43 Å². The fourth-order valence-corrected chi connectivity index (χ4v) is 1.82. The molecule has 0 heterocycles. The van der Waals surface area contributed by atoms with Crippen LogP contribution in [0.4, 0.5) is 0 Å². The van der Waals surface area contributed by atoms with Gasteiger partial charge in [0.05, 0.1) is 6.21 Å². The number of hydrazone groups is 1. The summed E-state index contributed by atoms with van der Waals surface area (Å²) in [4.78, 5) is 11.6. The summed E-state index contributed by atoms with van der Waals surface area (Å²) in [7, 11) is 0. The summed E-state index contributed by atoms with van der Waals surface area (Å²) >= 11 is 0. The summed E-state index contributed by atoms with van der Waals surface area (Å²) in [5.41, 5.74) is 5.62. The third kappa shape index (κ3) is 5.10. The van der Waals surface area contributed by atoms with E-state index in [4.69, 9.17) is 4.74 Å². The van der Waals surface area contributed by atoms with Crippen LogP contribution in [-0.2, 0) is 4.79 Å². The number of rotatable bonds is 5. The van der Waals surface area contributed by atoms with E-state index in [1.54, 1.807) is 6.21 Å². The number of hydrogen-bond acceptors (Lipinski definition) is 3. The Kier molecular flexibility index (Phi) is 5.10. The fourth-order valence-electron chi connectivity index (χ4n) is 1.82. The molecule has 0 aliphatic heterocycles. The molecule has 0 atom stereocenters. The molecule has 0 fully saturated rings. The highest BCUT2D eigenvalue weighted by molar-refractivity contribution is 5.83. The summed E-state index contributed by atoms with van der Waals surface area (Å²) in [6.07, 6.45) is 1.61. The van der Waals surface area contributed by atoms with Gasteiger partial charge in [0.2, 0.25) is 0 Å². The molecule has 0 bridgehead atoms. The van der Waals surface area contributed by atoms with Gasteiger partial charge in [0, 0.05) is 0 Å². The second-order valence-corrected chi connectivity index (χ2v) is 4.81. The minimum atomic E-state index is -0.291. The van der Waals surface area contributed by atoms with Gasteiger partial charge in [-0.3, -0.25) is 4.79 Å². The molecular weight excluding hydrogens is 264 g/mol. The lowest BCUT2D eigenvalue weighted by Crippen LogP contribution is -2.24. The normalized spacial score (nSPS) is 10.6. The molecule has 0 saturated heterocycles. The standard InChI is InChI=1S/C17H18N2O2/c1-13-5-3-7-15(9-13)11-18-19-17(20)12-21-16-8-4-6-14(2)10-16/h3-11H,12H2,1-2H3,(H,19,20)/b18-11-. The zero-order chi connectivity index (χ0) is 15.1. The maximum absolute atomic E-state index is 11.6. The number of carbonyl (C=O) groups is 1. The Morgan fingerprint density at radius 2 is 1.86 bits per heavy atom. The van der Waals surface area contributed by atoms with Crippen LogP contribution in [0.3, 0.4) is 0 Å². The maximum Gasteiger partial charge on any atom is 0.277 e. The number of benzene rings is 2. The average molecular weight is 282 g/mol. The monoisotopic (exact) mass is 282 g/mol. The van der Waals surface area contributed by atoms with Gasteiger partial charge in [0.15, 0.2) is 6.61 Å². The summed E-state index contributed by atoms with van der Waals surface area (Å²) < 4.78 is 5.38. The van der Waals surface area contributed by atoms with Crippen molar-refractivity contribution in [3.8, 4) is 5.75 Å². The van der Waals surface area contributed by atoms with E-state index in [1.807, 2.05) is 62.4 Å². The van der Waals surface area contributed by atoms with Crippen molar-refractivity contribution >= 4 is 12.1 Å². The van der Waals surface area contributed by atoms with Gasteiger partial charge in [0.25, 0.3) is 5.91 Å². The van der Waals surface area contributed by atoms with Crippen LogP contribution in [0.25, 0.3) is 0 Å². The van der Waals surface area contributed by atoms with E-state index < -0.39 is 0 Å². The molecule has 21 heavy (non-hydrogen) atoms. The number of ether oxygens (including phenoxy) is 1. The Hall–Kier alpha value is -2.62. The van der Waals surface area contributed by atoms with E-state index in [2.05, 4.69) is 10.5 Å². The molecule has 2 rings (SSSR count). The summed E-state index contributed by atoms with van der Waals surface area (Å²) in [5.74, 6) is 0.383. The van der Waals surface area contributed by atoms with E-state index >= 15 is 0 Å². The van der Waals surface area contributed by atoms with Crippen LogP contribution in [-0.4, -0.2) is 18.7 Å². The van der Waals surface area contributed by atoms with Gasteiger partial charge < -0.3 is 4.74 Å². The van der Waals surface area contributed by atoms with Crippen LogP contribution < -0.4 is 10.2 Å². The minimum Gasteiger partial charge on any atom is -0.484 e. The molecule has 0 aromatic heterocycles. The van der Waals surface area contributed by atoms with Crippen molar-refractivity contribution in [3.05, 3.63) is 65.2 Å². The third-order valence-electron chi connectivity index (χ3n) is 2.80. The molecule has 2 aromatic carbocycles. The predicted molar refractivity (Wildman–Crippen MR) is 83.6 cm³/mol. The van der Waals surface area contributed by atoms with Gasteiger partial charge in [0.1, 0.15) is 5.75 Å². The van der Waals surface area contributed by atoms with Crippen molar-refractivity contribution in [1.82, 2.24) is 5.43 Å². The van der Waals surface area contributed by atoms with E-state index in [-0.39, 0.29) is 12.5 Å². The number of aryl methyl sites for hydroxylation is 2. The Morgan fingerprint density at radius 1 is 1.14 bits per heavy atom. The average Bonchev–Trinajstić information content (AvgIpc) is 2.45. The first kappa shape index (κ1) is 14.8. The van der Waals surface area contributed by atoms with Crippen molar-refractivity contribution in [1.29, 1.82) is 0 Å². The van der Waals surface area contributed by atoms with Crippen molar-refractivity contribution < 1.29 is 9.53 Å². The molecular formula is C17H18N2O2. The number of carbonyl (C=O) groups excluding carboxylic acids is 1. The number of nitrogens with zero attached hydrogens (tertiary/aromatic N) is 1. The first-order chi connectivity index (χ1) is 10.1. The number of amides is 1. The fraction of sp³-hybridized carbons (Fsp3) is 0.176. The quantitative estimate of drug-likeness (QED) is 0.677. The lowest BCUT2D eigenvalue weighted by Gasteiger charge is -2.05. The minimum absolute atomic E-state index is 0.0609. The lowest BCUT2D eigenvalue weighted by atomic mass is 10.2. The molecule has 0 aliphatic rings. The maximum atomic E-state index is 11.6. The van der Waals surface area contributed by atoms with E-state index in [0.717, 1.165) is 16.7 Å². The van der Waals surface area contributed by atoms with Gasteiger partial charge >= 0.3 is 0 Å². The molecule has 4 nitrogen and oxygen atoms in total. The smallest absolute Gasteiger partial charge is 0.277 e. The predicted octanol–water partition coefficient (Wildman–Crippen LogP) is 2.83. The molecule has 108 valence electrons. The molecule has 1 N–H and O–H groups in total. The van der Waals surface area contributed by atoms with E-state index in [9.17, 15) is 4.79 Å². The van der Waals surface area contributed by atoms with Crippen molar-refractivity contribution in [3.63, 3.8) is 0 Å². The van der Waals surface area contributed by atoms with Gasteiger partial charge in [-0.1, -0.05) is 42.0 Å². The molecule has 0 saturated carbocycles. The van der Waals surface area contributed by atoms with Crippen LogP contribution in [0.1, 0.15) is 16.7 Å². The molecule has 0 aliphatic carbocycles. The van der Waals surface area contributed by atoms with Crippen LogP contribution >= 0.6 is 0 Å². The Labute approximate surface area is 124 Å². The highest BCUT2D eigenvalue weighted by Gasteiger charge is 2.01. The second-order valence-electron chi connectivity index (χ2n) is 4.81. The van der Waals surface area contributed by atoms with Crippen molar-refractivity contribution in [2.45, 2.75) is 13.8 Å². The molecule has 2 aromatic rings. The second kappa shape index (κ2) is 7.24. The van der Waals surface area contributed by atoms with Crippen molar-refractivity contribution in [2.24, 2.45) is 5.10 Å². The Bertz CT molecular complexity index is 651. The van der Waals surface area contributed by atoms with Gasteiger partial charge in [-0.15, -0.1) is 0 Å². The van der Waals surface area contributed by atoms with Gasteiger partial charge in [-0.2, -0.15) is 5.10 Å². The summed E-state index contributed by atoms with van der Waals surface area (Å²) in [6.45, 7) is 3.92. The molecule has 0 spiro atoms. The summed E-state index contributed by atoms with van der Waals surface area (Å²) in [6, 6.07) is 15.4. The van der Waals surface area contributed by atoms with Crippen LogP contribution in [0.5, 0.6) is 5.75 Å². The summed E-state index contributed by atoms with van der Waals surface area (Å²) in [5, 5.41) is 3.91. The van der Waals surface area contributed by atoms with Gasteiger partial charge in [-0.05, 0) is 37.1 Å². The highest BCUT2D eigenvalue weighted by Crippen LogP contribution is 2.11.